The lowest BCUT2D eigenvalue weighted by atomic mass is 9.92. The Labute approximate surface area is 156 Å². The number of nitrogens with one attached hydrogen (secondary N) is 2. The maximum atomic E-state index is 13.8. The molecule has 0 aromatic carbocycles. The Hall–Kier alpha value is -2.49. The number of rotatable bonds is 9. The van der Waals surface area contributed by atoms with Crippen LogP contribution < -0.4 is 15.8 Å². The zero-order chi connectivity index (χ0) is 19.2. The zero-order valence-corrected chi connectivity index (χ0v) is 15.1. The Kier molecular flexibility index (Phi) is 6.38. The molecule has 1 saturated carbocycles. The Morgan fingerprint density at radius 1 is 1.41 bits per heavy atom. The molecule has 2 fully saturated rings. The Morgan fingerprint density at radius 3 is 2.78 bits per heavy atom. The molecular formula is C17H25FN6O3. The number of carbonyl (C=O) groups excluding carboxylic acids is 2. The molecule has 1 aromatic heterocycles. The molecule has 2 aliphatic rings. The standard InChI is InChI=1S/C17H25FN6O3/c18-14-9-19-17(20-15(14)23-6-3-7-23)22-21-16(26)13(10-24(27)11-25)8-12-4-1-2-5-12/h9,11-13,27H,1-8,10H2,(H,21,26)(H,19,20,22). The molecule has 1 atom stereocenters. The van der Waals surface area contributed by atoms with Gasteiger partial charge in [0.1, 0.15) is 0 Å². The van der Waals surface area contributed by atoms with Gasteiger partial charge in [0.15, 0.2) is 11.6 Å². The number of hydrogen-bond acceptors (Lipinski definition) is 7. The lowest BCUT2D eigenvalue weighted by Crippen LogP contribution is -2.41. The second-order valence-corrected chi connectivity index (χ2v) is 7.13. The highest BCUT2D eigenvalue weighted by Gasteiger charge is 2.27. The molecule has 0 radical (unpaired) electrons. The number of hydroxylamine groups is 2. The van der Waals surface area contributed by atoms with Crippen LogP contribution in [0.25, 0.3) is 0 Å². The third kappa shape index (κ3) is 5.03. The normalized spacial score (nSPS) is 17.9. The van der Waals surface area contributed by atoms with E-state index < -0.39 is 11.7 Å². The molecule has 0 spiro atoms. The lowest BCUT2D eigenvalue weighted by Gasteiger charge is -2.32. The molecule has 148 valence electrons. The van der Waals surface area contributed by atoms with Gasteiger partial charge in [-0.3, -0.25) is 25.6 Å². The molecule has 10 heteroatoms. The highest BCUT2D eigenvalue weighted by molar-refractivity contribution is 5.80. The van der Waals surface area contributed by atoms with Crippen molar-refractivity contribution in [3.63, 3.8) is 0 Å². The van der Waals surface area contributed by atoms with E-state index >= 15 is 0 Å². The Bertz CT molecular complexity index is 666. The summed E-state index contributed by atoms with van der Waals surface area (Å²) in [5.41, 5.74) is 5.12. The average Bonchev–Trinajstić information content (AvgIpc) is 3.13. The van der Waals surface area contributed by atoms with E-state index in [-0.39, 0.29) is 30.6 Å². The van der Waals surface area contributed by atoms with Crippen molar-refractivity contribution in [3.05, 3.63) is 12.0 Å². The van der Waals surface area contributed by atoms with Crippen LogP contribution >= 0.6 is 0 Å². The molecule has 2 amide bonds. The quantitative estimate of drug-likeness (QED) is 0.336. The molecule has 1 saturated heterocycles. The van der Waals surface area contributed by atoms with E-state index in [9.17, 15) is 19.2 Å². The van der Waals surface area contributed by atoms with Crippen molar-refractivity contribution in [2.45, 2.75) is 38.5 Å². The summed E-state index contributed by atoms with van der Waals surface area (Å²) in [4.78, 5) is 33.0. The van der Waals surface area contributed by atoms with Crippen molar-refractivity contribution < 1.29 is 19.2 Å². The first-order valence-corrected chi connectivity index (χ1v) is 9.31. The van der Waals surface area contributed by atoms with Crippen LogP contribution in [-0.4, -0.2) is 52.2 Å². The molecule has 27 heavy (non-hydrogen) atoms. The Morgan fingerprint density at radius 2 is 2.15 bits per heavy atom. The summed E-state index contributed by atoms with van der Waals surface area (Å²) in [7, 11) is 0. The molecule has 0 bridgehead atoms. The fraction of sp³-hybridized carbons (Fsp3) is 0.647. The van der Waals surface area contributed by atoms with E-state index in [1.165, 1.54) is 0 Å². The maximum absolute atomic E-state index is 13.8. The maximum Gasteiger partial charge on any atom is 0.243 e. The molecule has 1 unspecified atom stereocenters. The summed E-state index contributed by atoms with van der Waals surface area (Å²) in [6.45, 7) is 1.39. The van der Waals surface area contributed by atoms with E-state index in [4.69, 9.17) is 0 Å². The van der Waals surface area contributed by atoms with Crippen LogP contribution in [0.3, 0.4) is 0 Å². The summed E-state index contributed by atoms with van der Waals surface area (Å²) >= 11 is 0. The predicted molar refractivity (Wildman–Crippen MR) is 95.2 cm³/mol. The summed E-state index contributed by atoms with van der Waals surface area (Å²) in [5, 5.41) is 9.97. The van der Waals surface area contributed by atoms with Crippen LogP contribution in [0, 0.1) is 17.7 Å². The van der Waals surface area contributed by atoms with Gasteiger partial charge in [-0.15, -0.1) is 0 Å². The summed E-state index contributed by atoms with van der Waals surface area (Å²) < 4.78 is 13.8. The minimum absolute atomic E-state index is 0.0857. The first-order chi connectivity index (χ1) is 13.1. The molecular weight excluding hydrogens is 355 g/mol. The van der Waals surface area contributed by atoms with Gasteiger partial charge in [-0.2, -0.15) is 4.98 Å². The van der Waals surface area contributed by atoms with Crippen molar-refractivity contribution in [1.82, 2.24) is 20.5 Å². The van der Waals surface area contributed by atoms with Crippen LogP contribution in [0.2, 0.25) is 0 Å². The minimum atomic E-state index is -0.564. The molecule has 1 aliphatic heterocycles. The van der Waals surface area contributed by atoms with Gasteiger partial charge in [-0.1, -0.05) is 25.7 Å². The third-order valence-electron chi connectivity index (χ3n) is 5.17. The molecule has 2 heterocycles. The lowest BCUT2D eigenvalue weighted by molar-refractivity contribution is -0.154. The van der Waals surface area contributed by atoms with E-state index in [0.717, 1.165) is 51.4 Å². The van der Waals surface area contributed by atoms with Gasteiger partial charge >= 0.3 is 0 Å². The highest BCUT2D eigenvalue weighted by atomic mass is 19.1. The average molecular weight is 380 g/mol. The van der Waals surface area contributed by atoms with Crippen molar-refractivity contribution in [2.75, 3.05) is 30.0 Å². The SMILES string of the molecule is O=CN(O)CC(CC1CCCC1)C(=O)NNc1ncc(F)c(N2CCC2)n1. The number of anilines is 2. The van der Waals surface area contributed by atoms with Gasteiger partial charge in [0.2, 0.25) is 18.3 Å². The van der Waals surface area contributed by atoms with Gasteiger partial charge in [0, 0.05) is 13.1 Å². The van der Waals surface area contributed by atoms with Gasteiger partial charge in [-0.05, 0) is 18.8 Å². The minimum Gasteiger partial charge on any atom is -0.354 e. The number of halogens is 1. The van der Waals surface area contributed by atoms with Gasteiger partial charge in [-0.25, -0.2) is 14.4 Å². The summed E-state index contributed by atoms with van der Waals surface area (Å²) in [6.07, 6.45) is 7.28. The van der Waals surface area contributed by atoms with Crippen LogP contribution in [0.15, 0.2) is 6.20 Å². The largest absolute Gasteiger partial charge is 0.354 e. The van der Waals surface area contributed by atoms with E-state index in [1.807, 2.05) is 0 Å². The van der Waals surface area contributed by atoms with E-state index in [0.29, 0.717) is 17.4 Å². The van der Waals surface area contributed by atoms with E-state index in [1.54, 1.807) is 4.90 Å². The van der Waals surface area contributed by atoms with Crippen LogP contribution in [0.4, 0.5) is 16.2 Å². The first-order valence-electron chi connectivity index (χ1n) is 9.31. The second-order valence-electron chi connectivity index (χ2n) is 7.13. The van der Waals surface area contributed by atoms with Gasteiger partial charge < -0.3 is 4.90 Å². The highest BCUT2D eigenvalue weighted by Crippen LogP contribution is 2.30. The van der Waals surface area contributed by atoms with Crippen LogP contribution in [-0.2, 0) is 9.59 Å². The molecule has 9 nitrogen and oxygen atoms in total. The third-order valence-corrected chi connectivity index (χ3v) is 5.17. The zero-order valence-electron chi connectivity index (χ0n) is 15.1. The van der Waals surface area contributed by atoms with Gasteiger partial charge in [0.05, 0.1) is 18.7 Å². The molecule has 1 aromatic rings. The number of aromatic nitrogens is 2. The monoisotopic (exact) mass is 380 g/mol. The number of nitrogens with zero attached hydrogens (tertiary/aromatic N) is 4. The van der Waals surface area contributed by atoms with Crippen molar-refractivity contribution in [3.8, 4) is 0 Å². The van der Waals surface area contributed by atoms with E-state index in [2.05, 4.69) is 20.8 Å². The van der Waals surface area contributed by atoms with Crippen molar-refractivity contribution in [2.24, 2.45) is 11.8 Å². The fourth-order valence-corrected chi connectivity index (χ4v) is 3.57. The number of amides is 2. The van der Waals surface area contributed by atoms with Crippen LogP contribution in [0.1, 0.15) is 38.5 Å². The molecule has 3 rings (SSSR count). The summed E-state index contributed by atoms with van der Waals surface area (Å²) in [5.74, 6) is -0.749. The Balaban J connectivity index is 1.59. The van der Waals surface area contributed by atoms with Crippen molar-refractivity contribution >= 4 is 24.1 Å². The molecule has 3 N–H and O–H groups in total. The van der Waals surface area contributed by atoms with Gasteiger partial charge in [0.25, 0.3) is 0 Å². The first kappa shape index (κ1) is 19.3. The van der Waals surface area contributed by atoms with Crippen LogP contribution in [0.5, 0.6) is 0 Å². The number of carbonyl (C=O) groups is 2. The topological polar surface area (TPSA) is 111 Å². The second kappa shape index (κ2) is 8.94. The predicted octanol–water partition coefficient (Wildman–Crippen LogP) is 1.31. The van der Waals surface area contributed by atoms with Crippen molar-refractivity contribution in [1.29, 1.82) is 0 Å². The smallest absolute Gasteiger partial charge is 0.243 e. The summed E-state index contributed by atoms with van der Waals surface area (Å²) in [6, 6.07) is 0. The number of hydrogen-bond donors (Lipinski definition) is 3. The molecule has 1 aliphatic carbocycles. The number of hydrazine groups is 1. The fourth-order valence-electron chi connectivity index (χ4n) is 3.57.